The maximum atomic E-state index is 13.6. The molecule has 1 amide bonds. The number of nitrogens with zero attached hydrogens (tertiary/aromatic N) is 4. The second kappa shape index (κ2) is 7.07. The molecule has 0 unspecified atom stereocenters. The van der Waals surface area contributed by atoms with Crippen molar-refractivity contribution < 1.29 is 24.2 Å². The molecule has 0 atom stereocenters. The number of amides is 1. The molecule has 2 N–H and O–H groups in total. The predicted molar refractivity (Wildman–Crippen MR) is 93.1 cm³/mol. The molecular weight excluding hydrogens is 355 g/mol. The molecule has 27 heavy (non-hydrogen) atoms. The first kappa shape index (κ1) is 19.0. The van der Waals surface area contributed by atoms with Crippen molar-refractivity contribution in [3.63, 3.8) is 0 Å². The number of hydrogen-bond acceptors (Lipinski definition) is 5. The lowest BCUT2D eigenvalue weighted by Gasteiger charge is -2.34. The van der Waals surface area contributed by atoms with Gasteiger partial charge >= 0.3 is 5.97 Å². The van der Waals surface area contributed by atoms with Gasteiger partial charge in [0, 0.05) is 31.8 Å². The molecule has 3 rings (SSSR count). The van der Waals surface area contributed by atoms with E-state index >= 15 is 0 Å². The monoisotopic (exact) mass is 376 g/mol. The molecule has 1 fully saturated rings. The topological polar surface area (TPSA) is 109 Å². The highest BCUT2D eigenvalue weighted by molar-refractivity contribution is 5.91. The summed E-state index contributed by atoms with van der Waals surface area (Å²) in [6.45, 7) is 3.96. The van der Waals surface area contributed by atoms with Gasteiger partial charge in [0.15, 0.2) is 5.60 Å². The zero-order chi connectivity index (χ0) is 19.8. The number of aromatic nitrogens is 3. The van der Waals surface area contributed by atoms with Crippen LogP contribution in [0.2, 0.25) is 0 Å². The number of carbonyl (C=O) groups is 2. The largest absolute Gasteiger partial charge is 0.479 e. The number of aliphatic carboxylic acids is 1. The van der Waals surface area contributed by atoms with E-state index in [-0.39, 0.29) is 37.7 Å². The standard InChI is InChI=1S/C18H21FN4O4/c1-11(2)15-20-14(21-23(15)13-5-3-4-12(19)10-13)16(24)22-8-6-18(27,7-9-22)17(25)26/h3-5,10-11,27H,6-9H2,1-2H3,(H,25,26). The van der Waals surface area contributed by atoms with Crippen LogP contribution in [0.5, 0.6) is 0 Å². The third kappa shape index (κ3) is 3.68. The molecule has 1 aliphatic rings. The van der Waals surface area contributed by atoms with Crippen molar-refractivity contribution in [1.29, 1.82) is 0 Å². The fraction of sp³-hybridized carbons (Fsp3) is 0.444. The lowest BCUT2D eigenvalue weighted by Crippen LogP contribution is -2.51. The summed E-state index contributed by atoms with van der Waals surface area (Å²) in [5.74, 6) is -1.73. The zero-order valence-electron chi connectivity index (χ0n) is 15.1. The summed E-state index contributed by atoms with van der Waals surface area (Å²) in [5, 5.41) is 23.3. The minimum atomic E-state index is -1.81. The van der Waals surface area contributed by atoms with Gasteiger partial charge in [-0.15, -0.1) is 5.10 Å². The summed E-state index contributed by atoms with van der Waals surface area (Å²) in [7, 11) is 0. The third-order valence-corrected chi connectivity index (χ3v) is 4.67. The first-order valence-electron chi connectivity index (χ1n) is 8.69. The molecule has 0 spiro atoms. The summed E-state index contributed by atoms with van der Waals surface area (Å²) in [4.78, 5) is 29.6. The fourth-order valence-corrected chi connectivity index (χ4v) is 3.02. The van der Waals surface area contributed by atoms with Crippen LogP contribution in [0.1, 0.15) is 49.1 Å². The molecule has 1 saturated heterocycles. The Bertz CT molecular complexity index is 872. The van der Waals surface area contributed by atoms with Crippen LogP contribution in [-0.2, 0) is 4.79 Å². The molecule has 8 nitrogen and oxygen atoms in total. The number of hydrogen-bond donors (Lipinski definition) is 2. The molecular formula is C18H21FN4O4. The van der Waals surface area contributed by atoms with Gasteiger partial charge in [0.2, 0.25) is 5.82 Å². The molecule has 1 aliphatic heterocycles. The Morgan fingerprint density at radius 1 is 1.26 bits per heavy atom. The van der Waals surface area contributed by atoms with Gasteiger partial charge in [-0.1, -0.05) is 19.9 Å². The van der Waals surface area contributed by atoms with E-state index in [9.17, 15) is 19.1 Å². The van der Waals surface area contributed by atoms with Crippen molar-refractivity contribution in [3.05, 3.63) is 41.7 Å². The van der Waals surface area contributed by atoms with E-state index in [2.05, 4.69) is 10.1 Å². The highest BCUT2D eigenvalue weighted by Crippen LogP contribution is 2.24. The van der Waals surface area contributed by atoms with Crippen molar-refractivity contribution in [2.24, 2.45) is 0 Å². The average Bonchev–Trinajstić information content (AvgIpc) is 3.07. The van der Waals surface area contributed by atoms with Gasteiger partial charge in [0.1, 0.15) is 11.6 Å². The van der Waals surface area contributed by atoms with Gasteiger partial charge in [-0.3, -0.25) is 4.79 Å². The lowest BCUT2D eigenvalue weighted by molar-refractivity contribution is -0.162. The van der Waals surface area contributed by atoms with Gasteiger partial charge < -0.3 is 15.1 Å². The predicted octanol–water partition coefficient (Wildman–Crippen LogP) is 1.58. The van der Waals surface area contributed by atoms with Crippen LogP contribution in [0, 0.1) is 5.82 Å². The highest BCUT2D eigenvalue weighted by atomic mass is 19.1. The van der Waals surface area contributed by atoms with Crippen LogP contribution >= 0.6 is 0 Å². The van der Waals surface area contributed by atoms with Crippen LogP contribution in [0.25, 0.3) is 5.69 Å². The van der Waals surface area contributed by atoms with Gasteiger partial charge in [-0.05, 0) is 18.2 Å². The normalized spacial score (nSPS) is 16.6. The van der Waals surface area contributed by atoms with Gasteiger partial charge in [0.05, 0.1) is 5.69 Å². The van der Waals surface area contributed by atoms with Crippen molar-refractivity contribution in [1.82, 2.24) is 19.7 Å². The smallest absolute Gasteiger partial charge is 0.335 e. The lowest BCUT2D eigenvalue weighted by atomic mass is 9.91. The second-order valence-electron chi connectivity index (χ2n) is 6.97. The van der Waals surface area contributed by atoms with Crippen LogP contribution < -0.4 is 0 Å². The first-order valence-corrected chi connectivity index (χ1v) is 8.69. The van der Waals surface area contributed by atoms with Gasteiger partial charge in [-0.2, -0.15) is 0 Å². The molecule has 2 aromatic rings. The molecule has 0 bridgehead atoms. The molecule has 0 saturated carbocycles. The van der Waals surface area contributed by atoms with Gasteiger partial charge in [0.25, 0.3) is 5.91 Å². The summed E-state index contributed by atoms with van der Waals surface area (Å²) < 4.78 is 15.0. The number of likely N-dealkylation sites (tertiary alicyclic amines) is 1. The summed E-state index contributed by atoms with van der Waals surface area (Å²) in [6.07, 6.45) is -0.120. The Morgan fingerprint density at radius 3 is 2.48 bits per heavy atom. The minimum absolute atomic E-state index is 0.0382. The quantitative estimate of drug-likeness (QED) is 0.839. The number of carboxylic acids is 1. The van der Waals surface area contributed by atoms with Crippen LogP contribution in [-0.4, -0.2) is 60.4 Å². The van der Waals surface area contributed by atoms with Crippen LogP contribution in [0.3, 0.4) is 0 Å². The number of halogens is 1. The Labute approximate surface area is 155 Å². The third-order valence-electron chi connectivity index (χ3n) is 4.67. The van der Waals surface area contributed by atoms with Crippen molar-refractivity contribution in [3.8, 4) is 5.69 Å². The Morgan fingerprint density at radius 2 is 1.93 bits per heavy atom. The van der Waals surface area contributed by atoms with E-state index in [0.717, 1.165) is 0 Å². The van der Waals surface area contributed by atoms with Crippen LogP contribution in [0.4, 0.5) is 4.39 Å². The second-order valence-corrected chi connectivity index (χ2v) is 6.97. The Kier molecular flexibility index (Phi) is 4.97. The van der Waals surface area contributed by atoms with E-state index in [1.54, 1.807) is 12.1 Å². The molecule has 2 heterocycles. The van der Waals surface area contributed by atoms with Gasteiger partial charge in [-0.25, -0.2) is 18.9 Å². The maximum absolute atomic E-state index is 13.6. The van der Waals surface area contributed by atoms with E-state index < -0.39 is 23.3 Å². The fourth-order valence-electron chi connectivity index (χ4n) is 3.02. The maximum Gasteiger partial charge on any atom is 0.335 e. The van der Waals surface area contributed by atoms with Crippen molar-refractivity contribution in [2.75, 3.05) is 13.1 Å². The Balaban J connectivity index is 1.86. The first-order chi connectivity index (χ1) is 12.7. The van der Waals surface area contributed by atoms with Crippen molar-refractivity contribution in [2.45, 2.75) is 38.2 Å². The number of carbonyl (C=O) groups excluding carboxylic acids is 1. The number of carboxylic acid groups (broad SMARTS) is 1. The summed E-state index contributed by atoms with van der Waals surface area (Å²) in [6, 6.07) is 5.85. The highest BCUT2D eigenvalue weighted by Gasteiger charge is 2.41. The zero-order valence-corrected chi connectivity index (χ0v) is 15.1. The minimum Gasteiger partial charge on any atom is -0.479 e. The Hall–Kier alpha value is -2.81. The van der Waals surface area contributed by atoms with E-state index in [0.29, 0.717) is 11.5 Å². The number of rotatable bonds is 4. The number of aliphatic hydroxyl groups is 1. The number of piperidine rings is 1. The van der Waals surface area contributed by atoms with E-state index in [1.807, 2.05) is 13.8 Å². The summed E-state index contributed by atoms with van der Waals surface area (Å²) in [5.41, 5.74) is -1.35. The van der Waals surface area contributed by atoms with E-state index in [4.69, 9.17) is 5.11 Å². The molecule has 9 heteroatoms. The molecule has 0 radical (unpaired) electrons. The molecule has 1 aromatic carbocycles. The summed E-state index contributed by atoms with van der Waals surface area (Å²) >= 11 is 0. The average molecular weight is 376 g/mol. The van der Waals surface area contributed by atoms with Crippen LogP contribution in [0.15, 0.2) is 24.3 Å². The SMILES string of the molecule is CC(C)c1nc(C(=O)N2CCC(O)(C(=O)O)CC2)nn1-c1cccc(F)c1. The molecule has 0 aliphatic carbocycles. The van der Waals surface area contributed by atoms with E-state index in [1.165, 1.54) is 21.7 Å². The number of benzene rings is 1. The molecule has 144 valence electrons. The van der Waals surface area contributed by atoms with Crippen molar-refractivity contribution >= 4 is 11.9 Å². The molecule has 1 aromatic heterocycles.